The number of nitrogen functional groups attached to an aromatic ring is 1. The molecule has 19 heavy (non-hydrogen) atoms. The molecule has 3 N–H and O–H groups in total. The molecule has 1 aromatic rings. The van der Waals surface area contributed by atoms with Gasteiger partial charge >= 0.3 is 0 Å². The maximum atomic E-state index is 6.03. The van der Waals surface area contributed by atoms with E-state index in [0.29, 0.717) is 5.41 Å². The zero-order valence-electron chi connectivity index (χ0n) is 12.2. The summed E-state index contributed by atoms with van der Waals surface area (Å²) in [5.41, 5.74) is 8.38. The number of nitrogens with one attached hydrogen (secondary N) is 1. The maximum absolute atomic E-state index is 6.03. The van der Waals surface area contributed by atoms with Crippen LogP contribution in [-0.2, 0) is 0 Å². The number of halogens is 1. The largest absolute Gasteiger partial charge is 0.397 e. The molecule has 0 amide bonds. The number of rotatable bonds is 3. The topological polar surface area (TPSA) is 38.0 Å². The fourth-order valence-corrected chi connectivity index (χ4v) is 4.03. The molecule has 106 valence electrons. The van der Waals surface area contributed by atoms with E-state index >= 15 is 0 Å². The second-order valence-corrected chi connectivity index (χ2v) is 7.81. The van der Waals surface area contributed by atoms with Crippen LogP contribution >= 0.6 is 15.9 Å². The highest BCUT2D eigenvalue weighted by Gasteiger charge is 2.31. The lowest BCUT2D eigenvalue weighted by Gasteiger charge is -2.39. The minimum atomic E-state index is 0.481. The second-order valence-electron chi connectivity index (χ2n) is 6.89. The monoisotopic (exact) mass is 324 g/mol. The number of hydrogen-bond acceptors (Lipinski definition) is 2. The van der Waals surface area contributed by atoms with Crippen molar-refractivity contribution in [1.82, 2.24) is 0 Å². The van der Waals surface area contributed by atoms with Crippen molar-refractivity contribution in [3.63, 3.8) is 0 Å². The van der Waals surface area contributed by atoms with Gasteiger partial charge in [0.2, 0.25) is 0 Å². The van der Waals surface area contributed by atoms with Crippen molar-refractivity contribution in [3.8, 4) is 0 Å². The molecule has 0 aromatic heterocycles. The first-order valence-corrected chi connectivity index (χ1v) is 7.94. The van der Waals surface area contributed by atoms with Gasteiger partial charge in [-0.3, -0.25) is 0 Å². The molecule has 0 spiro atoms. The Kier molecular flexibility index (Phi) is 4.44. The van der Waals surface area contributed by atoms with Crippen LogP contribution in [0.1, 0.15) is 40.0 Å². The summed E-state index contributed by atoms with van der Waals surface area (Å²) in [6.07, 6.45) is 3.98. The van der Waals surface area contributed by atoms with E-state index in [1.165, 1.54) is 19.3 Å². The van der Waals surface area contributed by atoms with Crippen molar-refractivity contribution in [2.75, 3.05) is 17.6 Å². The van der Waals surface area contributed by atoms with E-state index in [9.17, 15) is 0 Å². The number of anilines is 2. The predicted molar refractivity (Wildman–Crippen MR) is 87.3 cm³/mol. The van der Waals surface area contributed by atoms with Crippen molar-refractivity contribution >= 4 is 27.3 Å². The number of hydrogen-bond donors (Lipinski definition) is 2. The maximum Gasteiger partial charge on any atom is 0.0574 e. The molecule has 3 heteroatoms. The molecule has 0 saturated heterocycles. The second kappa shape index (κ2) is 5.74. The molecule has 0 radical (unpaired) electrons. The van der Waals surface area contributed by atoms with Crippen molar-refractivity contribution in [1.29, 1.82) is 0 Å². The first kappa shape index (κ1) is 14.7. The average molecular weight is 325 g/mol. The molecule has 2 nitrogen and oxygen atoms in total. The molecule has 0 bridgehead atoms. The van der Waals surface area contributed by atoms with Crippen LogP contribution in [-0.4, -0.2) is 6.54 Å². The Hall–Kier alpha value is -0.700. The highest BCUT2D eigenvalue weighted by molar-refractivity contribution is 9.10. The summed E-state index contributed by atoms with van der Waals surface area (Å²) in [5.74, 6) is 1.58. The molecule has 1 saturated carbocycles. The highest BCUT2D eigenvalue weighted by Crippen LogP contribution is 2.41. The normalized spacial score (nSPS) is 26.1. The number of nitrogens with two attached hydrogens (primary N) is 1. The van der Waals surface area contributed by atoms with Crippen LogP contribution in [0.5, 0.6) is 0 Å². The standard InChI is InChI=1S/C16H25BrN2/c1-11-6-12(9-16(2,3)8-11)10-19-15-5-4-13(17)7-14(15)18/h4-5,7,11-12,19H,6,8-10,18H2,1-3H3/t11-,12?/m0/s1. The van der Waals surface area contributed by atoms with E-state index in [2.05, 4.69) is 48.1 Å². The first-order valence-electron chi connectivity index (χ1n) is 7.14. The minimum Gasteiger partial charge on any atom is -0.397 e. The van der Waals surface area contributed by atoms with E-state index in [1.54, 1.807) is 0 Å². The Balaban J connectivity index is 1.95. The predicted octanol–water partition coefficient (Wildman–Crippen LogP) is 4.91. The average Bonchev–Trinajstić information content (AvgIpc) is 2.25. The van der Waals surface area contributed by atoms with Gasteiger partial charge in [0.15, 0.2) is 0 Å². The van der Waals surface area contributed by atoms with E-state index in [-0.39, 0.29) is 0 Å². The fourth-order valence-electron chi connectivity index (χ4n) is 3.65. The van der Waals surface area contributed by atoms with Crippen molar-refractivity contribution in [2.24, 2.45) is 17.3 Å². The van der Waals surface area contributed by atoms with E-state index in [4.69, 9.17) is 5.73 Å². The summed E-state index contributed by atoms with van der Waals surface area (Å²) < 4.78 is 1.03. The molecular weight excluding hydrogens is 300 g/mol. The lowest BCUT2D eigenvalue weighted by Crippen LogP contribution is -2.31. The van der Waals surface area contributed by atoms with Gasteiger partial charge < -0.3 is 11.1 Å². The summed E-state index contributed by atoms with van der Waals surface area (Å²) in [5, 5.41) is 3.52. The van der Waals surface area contributed by atoms with Gasteiger partial charge in [-0.15, -0.1) is 0 Å². The first-order chi connectivity index (χ1) is 8.85. The third-order valence-corrected chi connectivity index (χ3v) is 4.57. The van der Waals surface area contributed by atoms with Crippen molar-refractivity contribution < 1.29 is 0 Å². The smallest absolute Gasteiger partial charge is 0.0574 e. The van der Waals surface area contributed by atoms with E-state index in [1.807, 2.05) is 12.1 Å². The summed E-state index contributed by atoms with van der Waals surface area (Å²) in [6.45, 7) is 8.19. The molecule has 1 aliphatic carbocycles. The molecule has 1 unspecified atom stereocenters. The Morgan fingerprint density at radius 2 is 2.11 bits per heavy atom. The molecule has 1 aliphatic rings. The van der Waals surface area contributed by atoms with Crippen LogP contribution in [0.3, 0.4) is 0 Å². The molecule has 0 aliphatic heterocycles. The quantitative estimate of drug-likeness (QED) is 0.775. The zero-order chi connectivity index (χ0) is 14.0. The Morgan fingerprint density at radius 1 is 1.37 bits per heavy atom. The lowest BCUT2D eigenvalue weighted by molar-refractivity contribution is 0.139. The van der Waals surface area contributed by atoms with Gasteiger partial charge in [-0.2, -0.15) is 0 Å². The van der Waals surface area contributed by atoms with Crippen molar-refractivity contribution in [3.05, 3.63) is 22.7 Å². The van der Waals surface area contributed by atoms with Gasteiger partial charge in [0.1, 0.15) is 0 Å². The van der Waals surface area contributed by atoms with Crippen LogP contribution < -0.4 is 11.1 Å². The Labute approximate surface area is 125 Å². The van der Waals surface area contributed by atoms with Crippen LogP contribution in [0.4, 0.5) is 11.4 Å². The number of benzene rings is 1. The molecule has 2 atom stereocenters. The molecule has 0 heterocycles. The van der Waals surface area contributed by atoms with E-state index in [0.717, 1.165) is 34.2 Å². The van der Waals surface area contributed by atoms with Crippen LogP contribution in [0.15, 0.2) is 22.7 Å². The minimum absolute atomic E-state index is 0.481. The third-order valence-electron chi connectivity index (χ3n) is 4.07. The molecule has 1 fully saturated rings. The van der Waals surface area contributed by atoms with Crippen molar-refractivity contribution in [2.45, 2.75) is 40.0 Å². The Bertz CT molecular complexity index is 442. The Morgan fingerprint density at radius 3 is 2.74 bits per heavy atom. The summed E-state index contributed by atoms with van der Waals surface area (Å²) >= 11 is 3.44. The van der Waals surface area contributed by atoms with Gasteiger partial charge in [-0.05, 0) is 54.7 Å². The zero-order valence-corrected chi connectivity index (χ0v) is 13.8. The SMILES string of the molecule is C[C@H]1CC(CNc2ccc(Br)cc2N)CC(C)(C)C1. The third kappa shape index (κ3) is 4.13. The molecular formula is C16H25BrN2. The lowest BCUT2D eigenvalue weighted by atomic mass is 9.68. The summed E-state index contributed by atoms with van der Waals surface area (Å²) in [4.78, 5) is 0. The van der Waals surface area contributed by atoms with Gasteiger partial charge in [0, 0.05) is 11.0 Å². The highest BCUT2D eigenvalue weighted by atomic mass is 79.9. The van der Waals surface area contributed by atoms with Crippen LogP contribution in [0.25, 0.3) is 0 Å². The summed E-state index contributed by atoms with van der Waals surface area (Å²) in [7, 11) is 0. The summed E-state index contributed by atoms with van der Waals surface area (Å²) in [6, 6.07) is 6.04. The van der Waals surface area contributed by atoms with Gasteiger partial charge in [-0.25, -0.2) is 0 Å². The molecule has 2 rings (SSSR count). The van der Waals surface area contributed by atoms with Gasteiger partial charge in [0.05, 0.1) is 11.4 Å². The van der Waals surface area contributed by atoms with E-state index < -0.39 is 0 Å². The van der Waals surface area contributed by atoms with Gasteiger partial charge in [0.25, 0.3) is 0 Å². The molecule has 1 aromatic carbocycles. The van der Waals surface area contributed by atoms with Crippen LogP contribution in [0.2, 0.25) is 0 Å². The van der Waals surface area contributed by atoms with Gasteiger partial charge in [-0.1, -0.05) is 36.7 Å². The van der Waals surface area contributed by atoms with Crippen LogP contribution in [0, 0.1) is 17.3 Å². The fraction of sp³-hybridized carbons (Fsp3) is 0.625.